The summed E-state index contributed by atoms with van der Waals surface area (Å²) in [5.41, 5.74) is 2.35. The summed E-state index contributed by atoms with van der Waals surface area (Å²) in [5, 5.41) is 0. The van der Waals surface area contributed by atoms with Gasteiger partial charge in [0, 0.05) is 31.7 Å². The van der Waals surface area contributed by atoms with Gasteiger partial charge in [-0.05, 0) is 63.5 Å². The fourth-order valence-electron chi connectivity index (χ4n) is 5.48. The van der Waals surface area contributed by atoms with Crippen molar-refractivity contribution >= 4 is 29.2 Å². The van der Waals surface area contributed by atoms with Crippen LogP contribution in [0.5, 0.6) is 11.5 Å². The quantitative estimate of drug-likeness (QED) is 0.383. The van der Waals surface area contributed by atoms with Crippen LogP contribution in [0.3, 0.4) is 0 Å². The topological polar surface area (TPSA) is 93.4 Å². The van der Waals surface area contributed by atoms with E-state index in [0.29, 0.717) is 45.2 Å². The number of amides is 2. The third kappa shape index (κ3) is 5.76. The van der Waals surface area contributed by atoms with Gasteiger partial charge in [-0.1, -0.05) is 41.7 Å². The van der Waals surface area contributed by atoms with E-state index >= 15 is 0 Å². The SMILES string of the molecule is CCN(CC)C(=O)C1=C(C)N=c2s/c(=C\c3ccc(OCC(=O)N4CCCC4)cc3)c(=O)n2[C@@H]1c1ccccc1OC. The Morgan fingerprint density at radius 1 is 1.07 bits per heavy atom. The summed E-state index contributed by atoms with van der Waals surface area (Å²) in [7, 11) is 1.58. The smallest absolute Gasteiger partial charge is 0.271 e. The number of benzene rings is 2. The van der Waals surface area contributed by atoms with Gasteiger partial charge in [0.25, 0.3) is 17.4 Å². The van der Waals surface area contributed by atoms with Crippen LogP contribution in [0.2, 0.25) is 0 Å². The Balaban J connectivity index is 1.51. The van der Waals surface area contributed by atoms with Gasteiger partial charge in [0.05, 0.1) is 22.9 Å². The van der Waals surface area contributed by atoms with E-state index in [0.717, 1.165) is 37.1 Å². The molecular weight excluding hydrogens is 552 g/mol. The molecule has 0 saturated carbocycles. The van der Waals surface area contributed by atoms with Crippen molar-refractivity contribution in [2.24, 2.45) is 4.99 Å². The number of hydrogen-bond donors (Lipinski definition) is 0. The molecule has 3 aromatic rings. The van der Waals surface area contributed by atoms with Gasteiger partial charge in [0.15, 0.2) is 11.4 Å². The third-order valence-electron chi connectivity index (χ3n) is 7.74. The Kier molecular flexibility index (Phi) is 8.91. The molecule has 0 radical (unpaired) electrons. The Morgan fingerprint density at radius 2 is 1.76 bits per heavy atom. The number of thiazole rings is 1. The van der Waals surface area contributed by atoms with E-state index in [1.54, 1.807) is 28.7 Å². The number of likely N-dealkylation sites (N-methyl/N-ethyl adjacent to an activating group) is 1. The van der Waals surface area contributed by atoms with Gasteiger partial charge in [-0.2, -0.15) is 0 Å². The molecule has 0 unspecified atom stereocenters. The number of carbonyl (C=O) groups excluding carboxylic acids is 2. The summed E-state index contributed by atoms with van der Waals surface area (Å²) in [6.07, 6.45) is 3.89. The van der Waals surface area contributed by atoms with Crippen LogP contribution in [-0.4, -0.2) is 66.1 Å². The van der Waals surface area contributed by atoms with Crippen molar-refractivity contribution < 1.29 is 19.1 Å². The first-order valence-corrected chi connectivity index (χ1v) is 15.1. The Morgan fingerprint density at radius 3 is 2.43 bits per heavy atom. The average molecular weight is 589 g/mol. The summed E-state index contributed by atoms with van der Waals surface area (Å²) in [6, 6.07) is 14.1. The number of ether oxygens (including phenoxy) is 2. The Hall–Kier alpha value is -4.18. The minimum Gasteiger partial charge on any atom is -0.496 e. The van der Waals surface area contributed by atoms with Crippen molar-refractivity contribution in [3.63, 3.8) is 0 Å². The molecule has 2 aliphatic rings. The minimum absolute atomic E-state index is 0.00331. The zero-order valence-corrected chi connectivity index (χ0v) is 25.3. The monoisotopic (exact) mass is 588 g/mol. The summed E-state index contributed by atoms with van der Waals surface area (Å²) in [4.78, 5) is 48.9. The first-order chi connectivity index (χ1) is 20.4. The lowest BCUT2D eigenvalue weighted by molar-refractivity contribution is -0.132. The normalized spacial score (nSPS) is 16.7. The molecule has 0 aliphatic carbocycles. The molecule has 42 heavy (non-hydrogen) atoms. The van der Waals surface area contributed by atoms with Crippen molar-refractivity contribution in [3.05, 3.63) is 90.6 Å². The molecule has 2 aromatic carbocycles. The van der Waals surface area contributed by atoms with E-state index in [1.807, 2.05) is 68.1 Å². The molecule has 0 spiro atoms. The van der Waals surface area contributed by atoms with Crippen molar-refractivity contribution in [1.82, 2.24) is 14.4 Å². The predicted molar refractivity (Wildman–Crippen MR) is 162 cm³/mol. The van der Waals surface area contributed by atoms with Crippen LogP contribution < -0.4 is 24.4 Å². The van der Waals surface area contributed by atoms with Crippen molar-refractivity contribution in [3.8, 4) is 11.5 Å². The molecule has 1 fully saturated rings. The summed E-state index contributed by atoms with van der Waals surface area (Å²) in [5.74, 6) is 1.03. The second-order valence-electron chi connectivity index (χ2n) is 10.2. The van der Waals surface area contributed by atoms with Crippen molar-refractivity contribution in [2.75, 3.05) is 39.9 Å². The summed E-state index contributed by atoms with van der Waals surface area (Å²) in [6.45, 7) is 8.38. The minimum atomic E-state index is -0.684. The first kappa shape index (κ1) is 29.3. The van der Waals surface area contributed by atoms with Crippen LogP contribution in [0.1, 0.15) is 50.8 Å². The zero-order valence-electron chi connectivity index (χ0n) is 24.5. The third-order valence-corrected chi connectivity index (χ3v) is 8.72. The zero-order chi connectivity index (χ0) is 29.8. The van der Waals surface area contributed by atoms with Crippen LogP contribution in [0.4, 0.5) is 0 Å². The lowest BCUT2D eigenvalue weighted by Gasteiger charge is -2.29. The maximum Gasteiger partial charge on any atom is 0.271 e. The fraction of sp³-hybridized carbons (Fsp3) is 0.375. The molecule has 2 amide bonds. The number of nitrogens with zero attached hydrogens (tertiary/aromatic N) is 4. The summed E-state index contributed by atoms with van der Waals surface area (Å²) >= 11 is 1.29. The predicted octanol–water partition coefficient (Wildman–Crippen LogP) is 3.11. The van der Waals surface area contributed by atoms with E-state index in [2.05, 4.69) is 0 Å². The van der Waals surface area contributed by atoms with Crippen molar-refractivity contribution in [2.45, 2.75) is 39.7 Å². The fourth-order valence-corrected chi connectivity index (χ4v) is 6.52. The van der Waals surface area contributed by atoms with E-state index in [1.165, 1.54) is 11.3 Å². The van der Waals surface area contributed by atoms with Crippen LogP contribution >= 0.6 is 11.3 Å². The van der Waals surface area contributed by atoms with Gasteiger partial charge in [-0.25, -0.2) is 4.99 Å². The number of carbonyl (C=O) groups is 2. The highest BCUT2D eigenvalue weighted by Crippen LogP contribution is 2.36. The Bertz CT molecular complexity index is 1680. The molecule has 3 heterocycles. The van der Waals surface area contributed by atoms with E-state index in [4.69, 9.17) is 14.5 Å². The highest BCUT2D eigenvalue weighted by molar-refractivity contribution is 7.07. The molecule has 1 atom stereocenters. The lowest BCUT2D eigenvalue weighted by Crippen LogP contribution is -2.43. The lowest BCUT2D eigenvalue weighted by atomic mass is 9.94. The molecule has 5 rings (SSSR count). The average Bonchev–Trinajstić information content (AvgIpc) is 3.65. The molecule has 0 N–H and O–H groups in total. The second-order valence-corrected chi connectivity index (χ2v) is 11.3. The molecule has 1 aromatic heterocycles. The van der Waals surface area contributed by atoms with Crippen LogP contribution in [-0.2, 0) is 9.59 Å². The molecule has 2 aliphatic heterocycles. The number of methoxy groups -OCH3 is 1. The standard InChI is InChI=1S/C32H36N4O5S/c1-5-34(6-2)31(39)28-21(3)33-32-36(29(28)24-11-7-8-12-25(24)40-4)30(38)26(42-32)19-22-13-15-23(16-14-22)41-20-27(37)35-17-9-10-18-35/h7-8,11-16,19,29H,5-6,9-10,17-18,20H2,1-4H3/b26-19-/t29-/m1/s1. The highest BCUT2D eigenvalue weighted by atomic mass is 32.1. The van der Waals surface area contributed by atoms with Gasteiger partial charge in [0.1, 0.15) is 17.5 Å². The van der Waals surface area contributed by atoms with E-state index < -0.39 is 6.04 Å². The maximum absolute atomic E-state index is 14.0. The molecule has 0 bridgehead atoms. The van der Waals surface area contributed by atoms with Crippen molar-refractivity contribution in [1.29, 1.82) is 0 Å². The highest BCUT2D eigenvalue weighted by Gasteiger charge is 2.35. The largest absolute Gasteiger partial charge is 0.496 e. The molecule has 9 nitrogen and oxygen atoms in total. The van der Waals surface area contributed by atoms with Gasteiger partial charge >= 0.3 is 0 Å². The van der Waals surface area contributed by atoms with Gasteiger partial charge in [-0.3, -0.25) is 19.0 Å². The van der Waals surface area contributed by atoms with Crippen LogP contribution in [0.25, 0.3) is 6.08 Å². The number of rotatable bonds is 9. The van der Waals surface area contributed by atoms with Crippen LogP contribution in [0.15, 0.2) is 69.6 Å². The maximum atomic E-state index is 14.0. The van der Waals surface area contributed by atoms with E-state index in [-0.39, 0.29) is 24.0 Å². The number of aromatic nitrogens is 1. The number of hydrogen-bond acceptors (Lipinski definition) is 7. The molecule has 10 heteroatoms. The molecule has 220 valence electrons. The molecular formula is C32H36N4O5S. The van der Waals surface area contributed by atoms with Gasteiger partial charge in [0.2, 0.25) is 0 Å². The number of allylic oxidation sites excluding steroid dienone is 1. The number of para-hydroxylation sites is 1. The van der Waals surface area contributed by atoms with Crippen LogP contribution in [0, 0.1) is 0 Å². The number of fused-ring (bicyclic) bond motifs is 1. The van der Waals surface area contributed by atoms with Gasteiger partial charge in [-0.15, -0.1) is 0 Å². The molecule has 1 saturated heterocycles. The van der Waals surface area contributed by atoms with E-state index in [9.17, 15) is 14.4 Å². The van der Waals surface area contributed by atoms with Gasteiger partial charge < -0.3 is 19.3 Å². The second kappa shape index (κ2) is 12.8. The number of likely N-dealkylation sites (tertiary alicyclic amines) is 1. The summed E-state index contributed by atoms with van der Waals surface area (Å²) < 4.78 is 13.5. The first-order valence-electron chi connectivity index (χ1n) is 14.3. The Labute approximate surface area is 249 Å².